The van der Waals surface area contributed by atoms with Crippen molar-refractivity contribution in [2.24, 2.45) is 0 Å². The third kappa shape index (κ3) is 4.53. The Morgan fingerprint density at radius 2 is 1.67 bits per heavy atom. The van der Waals surface area contributed by atoms with Gasteiger partial charge in [0.05, 0.1) is 0 Å². The van der Waals surface area contributed by atoms with Crippen LogP contribution < -0.4 is 0 Å². The zero-order valence-electron chi connectivity index (χ0n) is 13.2. The molecule has 2 rings (SSSR count). The van der Waals surface area contributed by atoms with E-state index >= 15 is 0 Å². The molecule has 0 unspecified atom stereocenters. The summed E-state index contributed by atoms with van der Waals surface area (Å²) >= 11 is 0. The van der Waals surface area contributed by atoms with Crippen LogP contribution in [0.1, 0.15) is 32.8 Å². The SMILES string of the molecule is CC(C)(C)N1CCN(C(=O)CCc2ccc(F)cc2)CC1. The van der Waals surface area contributed by atoms with Crippen LogP contribution in [0.2, 0.25) is 0 Å². The van der Waals surface area contributed by atoms with Crippen LogP contribution in [0.25, 0.3) is 0 Å². The predicted octanol–water partition coefficient (Wildman–Crippen LogP) is 2.70. The Kier molecular flexibility index (Phi) is 4.99. The van der Waals surface area contributed by atoms with Gasteiger partial charge in [-0.1, -0.05) is 12.1 Å². The van der Waals surface area contributed by atoms with E-state index in [-0.39, 0.29) is 17.3 Å². The molecular formula is C17H25FN2O. The largest absolute Gasteiger partial charge is 0.340 e. The van der Waals surface area contributed by atoms with E-state index in [9.17, 15) is 9.18 Å². The first kappa shape index (κ1) is 16.0. The molecule has 0 saturated carbocycles. The smallest absolute Gasteiger partial charge is 0.222 e. The summed E-state index contributed by atoms with van der Waals surface area (Å²) in [5.41, 5.74) is 1.18. The molecule has 4 heteroatoms. The molecule has 0 aliphatic carbocycles. The van der Waals surface area contributed by atoms with Gasteiger partial charge in [-0.25, -0.2) is 4.39 Å². The van der Waals surface area contributed by atoms with Crippen LogP contribution in [0.3, 0.4) is 0 Å². The van der Waals surface area contributed by atoms with Gasteiger partial charge in [0, 0.05) is 38.1 Å². The van der Waals surface area contributed by atoms with E-state index in [1.807, 2.05) is 4.90 Å². The number of piperazine rings is 1. The molecule has 21 heavy (non-hydrogen) atoms. The van der Waals surface area contributed by atoms with Crippen LogP contribution in [-0.4, -0.2) is 47.4 Å². The maximum absolute atomic E-state index is 12.8. The lowest BCUT2D eigenvalue weighted by molar-refractivity contribution is -0.133. The summed E-state index contributed by atoms with van der Waals surface area (Å²) in [7, 11) is 0. The molecule has 3 nitrogen and oxygen atoms in total. The topological polar surface area (TPSA) is 23.6 Å². The van der Waals surface area contributed by atoms with Crippen LogP contribution >= 0.6 is 0 Å². The molecule has 0 atom stereocenters. The van der Waals surface area contributed by atoms with Gasteiger partial charge in [0.2, 0.25) is 5.91 Å². The molecule has 1 fully saturated rings. The molecule has 1 heterocycles. The van der Waals surface area contributed by atoms with Crippen molar-refractivity contribution in [2.75, 3.05) is 26.2 Å². The van der Waals surface area contributed by atoms with E-state index < -0.39 is 0 Å². The molecule has 1 amide bonds. The number of carbonyl (C=O) groups is 1. The lowest BCUT2D eigenvalue weighted by atomic mass is 10.0. The van der Waals surface area contributed by atoms with Crippen molar-refractivity contribution in [1.82, 2.24) is 9.80 Å². The Labute approximate surface area is 126 Å². The van der Waals surface area contributed by atoms with Crippen molar-refractivity contribution in [1.29, 1.82) is 0 Å². The molecule has 0 bridgehead atoms. The Balaban J connectivity index is 1.78. The van der Waals surface area contributed by atoms with Gasteiger partial charge >= 0.3 is 0 Å². The first-order chi connectivity index (χ1) is 9.86. The van der Waals surface area contributed by atoms with Crippen molar-refractivity contribution >= 4 is 5.91 Å². The van der Waals surface area contributed by atoms with E-state index in [0.717, 1.165) is 31.7 Å². The Bertz CT molecular complexity index is 471. The molecule has 1 aromatic carbocycles. The average Bonchev–Trinajstić information content (AvgIpc) is 2.45. The van der Waals surface area contributed by atoms with Crippen molar-refractivity contribution in [3.05, 3.63) is 35.6 Å². The molecule has 1 aliphatic heterocycles. The molecule has 0 spiro atoms. The minimum Gasteiger partial charge on any atom is -0.340 e. The van der Waals surface area contributed by atoms with Crippen molar-refractivity contribution in [3.8, 4) is 0 Å². The zero-order valence-corrected chi connectivity index (χ0v) is 13.2. The summed E-state index contributed by atoms with van der Waals surface area (Å²) in [6, 6.07) is 6.39. The summed E-state index contributed by atoms with van der Waals surface area (Å²) in [6.45, 7) is 10.1. The summed E-state index contributed by atoms with van der Waals surface area (Å²) in [5.74, 6) is -0.0312. The fourth-order valence-electron chi connectivity index (χ4n) is 2.69. The van der Waals surface area contributed by atoms with E-state index in [4.69, 9.17) is 0 Å². The standard InChI is InChI=1S/C17H25FN2O/c1-17(2,3)20-12-10-19(11-13-20)16(21)9-6-14-4-7-15(18)8-5-14/h4-5,7-8H,6,9-13H2,1-3H3. The molecule has 0 radical (unpaired) electrons. The maximum atomic E-state index is 12.8. The van der Waals surface area contributed by atoms with Crippen LogP contribution in [0.4, 0.5) is 4.39 Å². The first-order valence-electron chi connectivity index (χ1n) is 7.63. The van der Waals surface area contributed by atoms with Crippen LogP contribution in [-0.2, 0) is 11.2 Å². The van der Waals surface area contributed by atoms with Gasteiger partial charge in [0.1, 0.15) is 5.82 Å². The minimum absolute atomic E-state index is 0.170. The second-order valence-electron chi connectivity index (χ2n) is 6.67. The highest BCUT2D eigenvalue weighted by molar-refractivity contribution is 5.76. The van der Waals surface area contributed by atoms with Crippen LogP contribution in [0.15, 0.2) is 24.3 Å². The van der Waals surface area contributed by atoms with Gasteiger partial charge < -0.3 is 4.90 Å². The number of hydrogen-bond acceptors (Lipinski definition) is 2. The normalized spacial score (nSPS) is 17.0. The van der Waals surface area contributed by atoms with Gasteiger partial charge in [-0.2, -0.15) is 0 Å². The Morgan fingerprint density at radius 3 is 2.19 bits per heavy atom. The van der Waals surface area contributed by atoms with Gasteiger partial charge in [0.15, 0.2) is 0 Å². The predicted molar refractivity (Wildman–Crippen MR) is 82.6 cm³/mol. The fraction of sp³-hybridized carbons (Fsp3) is 0.588. The van der Waals surface area contributed by atoms with Gasteiger partial charge in [-0.05, 0) is 44.9 Å². The highest BCUT2D eigenvalue weighted by Gasteiger charge is 2.27. The first-order valence-corrected chi connectivity index (χ1v) is 7.63. The highest BCUT2D eigenvalue weighted by atomic mass is 19.1. The van der Waals surface area contributed by atoms with E-state index in [2.05, 4.69) is 25.7 Å². The maximum Gasteiger partial charge on any atom is 0.222 e. The number of hydrogen-bond donors (Lipinski definition) is 0. The number of nitrogens with zero attached hydrogens (tertiary/aromatic N) is 2. The number of rotatable bonds is 3. The molecule has 116 valence electrons. The van der Waals surface area contributed by atoms with Crippen molar-refractivity contribution in [2.45, 2.75) is 39.2 Å². The fourth-order valence-corrected chi connectivity index (χ4v) is 2.69. The Hall–Kier alpha value is -1.42. The minimum atomic E-state index is -0.233. The third-order valence-corrected chi connectivity index (χ3v) is 4.12. The average molecular weight is 292 g/mol. The molecule has 0 aromatic heterocycles. The monoisotopic (exact) mass is 292 g/mol. The molecule has 1 saturated heterocycles. The molecule has 1 aromatic rings. The van der Waals surface area contributed by atoms with Gasteiger partial charge in [-0.15, -0.1) is 0 Å². The number of halogens is 1. The van der Waals surface area contributed by atoms with E-state index in [1.165, 1.54) is 12.1 Å². The second kappa shape index (κ2) is 6.56. The summed E-state index contributed by atoms with van der Waals surface area (Å²) < 4.78 is 12.8. The number of amides is 1. The zero-order chi connectivity index (χ0) is 15.5. The molecule has 1 aliphatic rings. The molecular weight excluding hydrogens is 267 g/mol. The quantitative estimate of drug-likeness (QED) is 0.855. The van der Waals surface area contributed by atoms with Crippen molar-refractivity contribution in [3.63, 3.8) is 0 Å². The Morgan fingerprint density at radius 1 is 1.10 bits per heavy atom. The lowest BCUT2D eigenvalue weighted by Gasteiger charge is -2.42. The van der Waals surface area contributed by atoms with Crippen LogP contribution in [0, 0.1) is 5.82 Å². The number of aryl methyl sites for hydroxylation is 1. The summed E-state index contributed by atoms with van der Waals surface area (Å²) in [5, 5.41) is 0. The lowest BCUT2D eigenvalue weighted by Crippen LogP contribution is -2.54. The number of benzene rings is 1. The van der Waals surface area contributed by atoms with Gasteiger partial charge in [-0.3, -0.25) is 9.69 Å². The van der Waals surface area contributed by atoms with Gasteiger partial charge in [0.25, 0.3) is 0 Å². The molecule has 0 N–H and O–H groups in total. The summed E-state index contributed by atoms with van der Waals surface area (Å²) in [6.07, 6.45) is 1.18. The second-order valence-corrected chi connectivity index (χ2v) is 6.67. The van der Waals surface area contributed by atoms with E-state index in [0.29, 0.717) is 12.8 Å². The van der Waals surface area contributed by atoms with Crippen molar-refractivity contribution < 1.29 is 9.18 Å². The van der Waals surface area contributed by atoms with E-state index in [1.54, 1.807) is 12.1 Å². The number of carbonyl (C=O) groups excluding carboxylic acids is 1. The highest BCUT2D eigenvalue weighted by Crippen LogP contribution is 2.16. The summed E-state index contributed by atoms with van der Waals surface area (Å²) in [4.78, 5) is 16.6. The third-order valence-electron chi connectivity index (χ3n) is 4.12. The van der Waals surface area contributed by atoms with Crippen LogP contribution in [0.5, 0.6) is 0 Å².